The molecule has 0 spiro atoms. The van der Waals surface area contributed by atoms with E-state index in [2.05, 4.69) is 25.9 Å². The molecule has 3 nitrogen and oxygen atoms in total. The van der Waals surface area contributed by atoms with Gasteiger partial charge in [0, 0.05) is 17.4 Å². The van der Waals surface area contributed by atoms with Gasteiger partial charge < -0.3 is 9.61 Å². The molecular formula is C18H23ClNO2P. The lowest BCUT2D eigenvalue weighted by Gasteiger charge is -2.21. The molecule has 0 fully saturated rings. The molecule has 1 N–H and O–H groups in total. The fourth-order valence-corrected chi connectivity index (χ4v) is 3.59. The predicted octanol–water partition coefficient (Wildman–Crippen LogP) is 6.26. The molecule has 2 aromatic carbocycles. The van der Waals surface area contributed by atoms with Gasteiger partial charge in [-0.3, -0.25) is 4.57 Å². The number of nitrogens with one attached hydrogen (secondary N) is 1. The van der Waals surface area contributed by atoms with Crippen LogP contribution in [0.2, 0.25) is 5.02 Å². The van der Waals surface area contributed by atoms with E-state index in [1.54, 1.807) is 18.8 Å². The number of hydrogen-bond acceptors (Lipinski definition) is 2. The highest BCUT2D eigenvalue weighted by Crippen LogP contribution is 2.44. The Morgan fingerprint density at radius 2 is 1.70 bits per heavy atom. The zero-order chi connectivity index (χ0) is 17.3. The van der Waals surface area contributed by atoms with Gasteiger partial charge in [0.25, 0.3) is 0 Å². The SMILES string of the molecule is Cc1ccc(Cl)cc1NP(C)(=O)Oc1ccc(C(C)(C)C)cc1. The maximum atomic E-state index is 12.7. The molecule has 5 heteroatoms. The van der Waals surface area contributed by atoms with E-state index in [9.17, 15) is 4.57 Å². The highest BCUT2D eigenvalue weighted by atomic mass is 35.5. The van der Waals surface area contributed by atoms with Gasteiger partial charge in [0.05, 0.1) is 0 Å². The molecule has 0 aliphatic carbocycles. The molecule has 0 radical (unpaired) electrons. The van der Waals surface area contributed by atoms with E-state index in [1.165, 1.54) is 5.56 Å². The molecule has 0 heterocycles. The Hall–Kier alpha value is -1.44. The van der Waals surface area contributed by atoms with Gasteiger partial charge in [-0.25, -0.2) is 0 Å². The van der Waals surface area contributed by atoms with E-state index in [0.29, 0.717) is 10.8 Å². The van der Waals surface area contributed by atoms with E-state index in [-0.39, 0.29) is 5.41 Å². The third-order valence-corrected chi connectivity index (χ3v) is 4.96. The van der Waals surface area contributed by atoms with Crippen LogP contribution in [-0.4, -0.2) is 6.66 Å². The van der Waals surface area contributed by atoms with E-state index in [4.69, 9.17) is 16.1 Å². The summed E-state index contributed by atoms with van der Waals surface area (Å²) in [5.41, 5.74) is 2.96. The smallest absolute Gasteiger partial charge is 0.338 e. The fourth-order valence-electron chi connectivity index (χ4n) is 2.17. The van der Waals surface area contributed by atoms with E-state index >= 15 is 0 Å². The van der Waals surface area contributed by atoms with Crippen molar-refractivity contribution in [2.75, 3.05) is 11.8 Å². The molecule has 124 valence electrons. The van der Waals surface area contributed by atoms with Gasteiger partial charge >= 0.3 is 7.52 Å². The summed E-state index contributed by atoms with van der Waals surface area (Å²) in [4.78, 5) is 0. The van der Waals surface area contributed by atoms with Crippen molar-refractivity contribution in [1.29, 1.82) is 0 Å². The molecular weight excluding hydrogens is 329 g/mol. The van der Waals surface area contributed by atoms with Crippen LogP contribution in [0.15, 0.2) is 42.5 Å². The molecule has 0 saturated heterocycles. The number of benzene rings is 2. The van der Waals surface area contributed by atoms with Crippen molar-refractivity contribution in [3.63, 3.8) is 0 Å². The monoisotopic (exact) mass is 351 g/mol. The summed E-state index contributed by atoms with van der Waals surface area (Å²) in [5, 5.41) is 3.56. The standard InChI is InChI=1S/C18H23ClNO2P/c1-13-6-9-15(19)12-17(13)20-23(5,21)22-16-10-7-14(8-11-16)18(2,3)4/h6-12H,1-5H3,(H,20,21). The molecule has 23 heavy (non-hydrogen) atoms. The lowest BCUT2D eigenvalue weighted by atomic mass is 9.87. The van der Waals surface area contributed by atoms with Crippen molar-refractivity contribution in [2.45, 2.75) is 33.1 Å². The minimum Gasteiger partial charge on any atom is -0.429 e. The second kappa shape index (κ2) is 6.59. The first-order chi connectivity index (χ1) is 10.6. The van der Waals surface area contributed by atoms with Crippen molar-refractivity contribution in [3.05, 3.63) is 58.6 Å². The van der Waals surface area contributed by atoms with Gasteiger partial charge in [0.2, 0.25) is 0 Å². The van der Waals surface area contributed by atoms with Gasteiger partial charge in [0.1, 0.15) is 5.75 Å². The van der Waals surface area contributed by atoms with Crippen LogP contribution in [0, 0.1) is 6.92 Å². The zero-order valence-corrected chi connectivity index (χ0v) is 15.8. The Balaban J connectivity index is 2.15. The van der Waals surface area contributed by atoms with Gasteiger partial charge in [0.15, 0.2) is 0 Å². The topological polar surface area (TPSA) is 38.3 Å². The normalized spacial score (nSPS) is 14.2. The molecule has 2 rings (SSSR count). The summed E-state index contributed by atoms with van der Waals surface area (Å²) in [5.74, 6) is 0.580. The maximum absolute atomic E-state index is 12.7. The number of anilines is 1. The lowest BCUT2D eigenvalue weighted by molar-refractivity contribution is 0.493. The van der Waals surface area contributed by atoms with Crippen LogP contribution in [0.4, 0.5) is 5.69 Å². The van der Waals surface area contributed by atoms with Crippen LogP contribution in [0.5, 0.6) is 5.75 Å². The largest absolute Gasteiger partial charge is 0.429 e. The summed E-state index contributed by atoms with van der Waals surface area (Å²) >= 11 is 6.00. The average Bonchev–Trinajstić information content (AvgIpc) is 2.41. The van der Waals surface area contributed by atoms with Crippen LogP contribution in [0.25, 0.3) is 0 Å². The Labute approximate surface area is 143 Å². The summed E-state index contributed by atoms with van der Waals surface area (Å²) in [6, 6.07) is 13.1. The first-order valence-electron chi connectivity index (χ1n) is 7.49. The number of rotatable bonds is 4. The summed E-state index contributed by atoms with van der Waals surface area (Å²) in [6.45, 7) is 9.94. The molecule has 0 aliphatic heterocycles. The van der Waals surface area contributed by atoms with Crippen molar-refractivity contribution < 1.29 is 9.09 Å². The van der Waals surface area contributed by atoms with Crippen LogP contribution in [0.3, 0.4) is 0 Å². The van der Waals surface area contributed by atoms with Crippen molar-refractivity contribution >= 4 is 24.8 Å². The van der Waals surface area contributed by atoms with E-state index in [1.807, 2.05) is 37.3 Å². The molecule has 0 bridgehead atoms. The first-order valence-corrected chi connectivity index (χ1v) is 9.94. The Morgan fingerprint density at radius 1 is 1.09 bits per heavy atom. The van der Waals surface area contributed by atoms with Crippen LogP contribution >= 0.6 is 19.1 Å². The first kappa shape index (κ1) is 17.9. The molecule has 0 aliphatic rings. The number of hydrogen-bond donors (Lipinski definition) is 1. The second-order valence-electron chi connectivity index (χ2n) is 6.78. The van der Waals surface area contributed by atoms with E-state index in [0.717, 1.165) is 11.3 Å². The van der Waals surface area contributed by atoms with Crippen LogP contribution in [-0.2, 0) is 9.98 Å². The van der Waals surface area contributed by atoms with Gasteiger partial charge in [-0.2, -0.15) is 0 Å². The highest BCUT2D eigenvalue weighted by Gasteiger charge is 2.19. The van der Waals surface area contributed by atoms with Crippen molar-refractivity contribution in [1.82, 2.24) is 0 Å². The summed E-state index contributed by atoms with van der Waals surface area (Å²) in [6.07, 6.45) is 0. The quantitative estimate of drug-likeness (QED) is 0.660. The number of aryl methyl sites for hydroxylation is 1. The highest BCUT2D eigenvalue weighted by molar-refractivity contribution is 7.60. The Kier molecular flexibility index (Phi) is 5.13. The molecule has 0 aromatic heterocycles. The minimum absolute atomic E-state index is 0.0740. The molecule has 1 unspecified atom stereocenters. The Morgan fingerprint density at radius 3 is 2.26 bits per heavy atom. The fraction of sp³-hybridized carbons (Fsp3) is 0.333. The van der Waals surface area contributed by atoms with Gasteiger partial charge in [-0.15, -0.1) is 0 Å². The van der Waals surface area contributed by atoms with E-state index < -0.39 is 7.52 Å². The zero-order valence-electron chi connectivity index (χ0n) is 14.2. The van der Waals surface area contributed by atoms with Gasteiger partial charge in [-0.1, -0.05) is 50.6 Å². The summed E-state index contributed by atoms with van der Waals surface area (Å²) < 4.78 is 18.4. The molecule has 1 atom stereocenters. The average molecular weight is 352 g/mol. The third-order valence-electron chi connectivity index (χ3n) is 3.52. The Bertz CT molecular complexity index is 736. The number of halogens is 1. The summed E-state index contributed by atoms with van der Waals surface area (Å²) in [7, 11) is -3.05. The van der Waals surface area contributed by atoms with Gasteiger partial charge in [-0.05, 0) is 47.7 Å². The maximum Gasteiger partial charge on any atom is 0.338 e. The molecule has 0 saturated carbocycles. The van der Waals surface area contributed by atoms with Crippen molar-refractivity contribution in [3.8, 4) is 5.75 Å². The van der Waals surface area contributed by atoms with Crippen molar-refractivity contribution in [2.24, 2.45) is 0 Å². The van der Waals surface area contributed by atoms with Crippen LogP contribution in [0.1, 0.15) is 31.9 Å². The predicted molar refractivity (Wildman–Crippen MR) is 99.1 cm³/mol. The molecule has 2 aromatic rings. The third kappa shape index (κ3) is 5.02. The second-order valence-corrected chi connectivity index (χ2v) is 9.32. The molecule has 0 amide bonds. The van der Waals surface area contributed by atoms with Crippen LogP contribution < -0.4 is 9.61 Å². The minimum atomic E-state index is -3.05. The lowest BCUT2D eigenvalue weighted by Crippen LogP contribution is -2.10.